The highest BCUT2D eigenvalue weighted by atomic mass is 79.9. The second kappa shape index (κ2) is 6.80. The van der Waals surface area contributed by atoms with Crippen LogP contribution in [-0.4, -0.2) is 17.1 Å². The van der Waals surface area contributed by atoms with Gasteiger partial charge >= 0.3 is 5.97 Å². The van der Waals surface area contributed by atoms with Gasteiger partial charge in [-0.2, -0.15) is 0 Å². The summed E-state index contributed by atoms with van der Waals surface area (Å²) in [5.74, 6) is -2.42. The Kier molecular flexibility index (Phi) is 5.68. The summed E-state index contributed by atoms with van der Waals surface area (Å²) in [5.41, 5.74) is -0.160. The highest BCUT2D eigenvalue weighted by Gasteiger charge is 2.18. The fourth-order valence-corrected chi connectivity index (χ4v) is 1.93. The fourth-order valence-electron chi connectivity index (χ4n) is 1.56. The molecule has 2 N–H and O–H groups in total. The molecular weight excluding hydrogens is 308 g/mol. The quantitative estimate of drug-likeness (QED) is 0.792. The maximum absolute atomic E-state index is 13.6. The van der Waals surface area contributed by atoms with E-state index < -0.39 is 23.6 Å². The van der Waals surface area contributed by atoms with E-state index in [4.69, 9.17) is 5.11 Å². The number of halogens is 3. The lowest BCUT2D eigenvalue weighted by Gasteiger charge is -2.14. The molecule has 1 unspecified atom stereocenters. The molecule has 6 heteroatoms. The highest BCUT2D eigenvalue weighted by molar-refractivity contribution is 9.10. The molecule has 0 spiro atoms. The Bertz CT molecular complexity index is 440. The molecule has 0 aliphatic heterocycles. The van der Waals surface area contributed by atoms with E-state index in [1.807, 2.05) is 6.92 Å². The van der Waals surface area contributed by atoms with E-state index in [0.717, 1.165) is 6.07 Å². The Balaban J connectivity index is 2.79. The van der Waals surface area contributed by atoms with Gasteiger partial charge in [0.15, 0.2) is 0 Å². The normalized spacial score (nSPS) is 12.4. The van der Waals surface area contributed by atoms with Crippen molar-refractivity contribution < 1.29 is 18.7 Å². The number of rotatable bonds is 6. The summed E-state index contributed by atoms with van der Waals surface area (Å²) < 4.78 is 27.2. The summed E-state index contributed by atoms with van der Waals surface area (Å²) in [7, 11) is 0. The lowest BCUT2D eigenvalue weighted by atomic mass is 10.1. The zero-order valence-corrected chi connectivity index (χ0v) is 11.4. The van der Waals surface area contributed by atoms with E-state index >= 15 is 0 Å². The summed E-state index contributed by atoms with van der Waals surface area (Å²) in [6.07, 6.45) is 1.08. The summed E-state index contributed by atoms with van der Waals surface area (Å²) in [5, 5.41) is 11.6. The van der Waals surface area contributed by atoms with Crippen LogP contribution >= 0.6 is 15.9 Å². The van der Waals surface area contributed by atoms with Gasteiger partial charge < -0.3 is 10.4 Å². The van der Waals surface area contributed by atoms with Gasteiger partial charge in [-0.15, -0.1) is 0 Å². The van der Waals surface area contributed by atoms with Gasteiger partial charge in [0.25, 0.3) is 0 Å². The van der Waals surface area contributed by atoms with Crippen LogP contribution in [0.1, 0.15) is 25.3 Å². The number of benzene rings is 1. The number of nitrogens with one attached hydrogen (secondary N) is 1. The number of carbonyl (C=O) groups is 1. The van der Waals surface area contributed by atoms with Crippen LogP contribution in [0.5, 0.6) is 0 Å². The number of carboxylic acids is 1. The van der Waals surface area contributed by atoms with Crippen molar-refractivity contribution in [2.24, 2.45) is 0 Å². The molecular formula is C12H14BrF2NO2. The predicted molar refractivity (Wildman–Crippen MR) is 67.2 cm³/mol. The van der Waals surface area contributed by atoms with Gasteiger partial charge in [0, 0.05) is 12.1 Å². The molecule has 0 aromatic heterocycles. The molecule has 100 valence electrons. The van der Waals surface area contributed by atoms with Crippen LogP contribution in [0, 0.1) is 11.6 Å². The molecule has 1 atom stereocenters. The Morgan fingerprint density at radius 3 is 2.72 bits per heavy atom. The fraction of sp³-hybridized carbons (Fsp3) is 0.417. The van der Waals surface area contributed by atoms with Crippen molar-refractivity contribution in [3.63, 3.8) is 0 Å². The zero-order chi connectivity index (χ0) is 13.7. The van der Waals surface area contributed by atoms with Crippen LogP contribution in [0.25, 0.3) is 0 Å². The van der Waals surface area contributed by atoms with Crippen LogP contribution < -0.4 is 5.32 Å². The largest absolute Gasteiger partial charge is 0.480 e. The van der Waals surface area contributed by atoms with Gasteiger partial charge in [0.05, 0.1) is 4.47 Å². The average Bonchev–Trinajstić information content (AvgIpc) is 2.32. The average molecular weight is 322 g/mol. The Labute approximate surface area is 112 Å². The minimum atomic E-state index is -1.02. The summed E-state index contributed by atoms with van der Waals surface area (Å²) in [6.45, 7) is 1.69. The van der Waals surface area contributed by atoms with E-state index in [2.05, 4.69) is 21.2 Å². The summed E-state index contributed by atoms with van der Waals surface area (Å²) >= 11 is 2.96. The summed E-state index contributed by atoms with van der Waals surface area (Å²) in [6, 6.07) is 1.61. The van der Waals surface area contributed by atoms with Crippen LogP contribution in [0.4, 0.5) is 8.78 Å². The minimum Gasteiger partial charge on any atom is -0.480 e. The van der Waals surface area contributed by atoms with Crippen molar-refractivity contribution in [1.29, 1.82) is 0 Å². The van der Waals surface area contributed by atoms with E-state index in [1.54, 1.807) is 0 Å². The number of hydrogen-bond donors (Lipinski definition) is 2. The molecule has 0 amide bonds. The lowest BCUT2D eigenvalue weighted by Crippen LogP contribution is -2.36. The first-order valence-corrected chi connectivity index (χ1v) is 6.35. The van der Waals surface area contributed by atoms with Crippen molar-refractivity contribution in [1.82, 2.24) is 5.32 Å². The molecule has 0 radical (unpaired) electrons. The van der Waals surface area contributed by atoms with E-state index in [-0.39, 0.29) is 16.6 Å². The first kappa shape index (κ1) is 15.0. The van der Waals surface area contributed by atoms with E-state index in [9.17, 15) is 13.6 Å². The molecule has 1 aromatic carbocycles. The van der Waals surface area contributed by atoms with Crippen molar-refractivity contribution in [3.05, 3.63) is 33.8 Å². The maximum Gasteiger partial charge on any atom is 0.320 e. The van der Waals surface area contributed by atoms with Crippen LogP contribution in [0.3, 0.4) is 0 Å². The zero-order valence-electron chi connectivity index (χ0n) is 9.84. The van der Waals surface area contributed by atoms with Gasteiger partial charge in [0.1, 0.15) is 17.7 Å². The second-order valence-electron chi connectivity index (χ2n) is 3.88. The lowest BCUT2D eigenvalue weighted by molar-refractivity contribution is -0.139. The minimum absolute atomic E-state index is 0.156. The van der Waals surface area contributed by atoms with Crippen molar-refractivity contribution in [2.75, 3.05) is 0 Å². The third-order valence-corrected chi connectivity index (χ3v) is 3.15. The van der Waals surface area contributed by atoms with Crippen LogP contribution in [0.15, 0.2) is 16.6 Å². The van der Waals surface area contributed by atoms with Gasteiger partial charge in [-0.3, -0.25) is 4.79 Å². The van der Waals surface area contributed by atoms with Crippen molar-refractivity contribution >= 4 is 21.9 Å². The monoisotopic (exact) mass is 321 g/mol. The number of carboxylic acid groups (broad SMARTS) is 1. The van der Waals surface area contributed by atoms with Gasteiger partial charge in [-0.25, -0.2) is 8.78 Å². The first-order valence-electron chi connectivity index (χ1n) is 5.56. The number of hydrogen-bond acceptors (Lipinski definition) is 2. The van der Waals surface area contributed by atoms with Gasteiger partial charge in [-0.1, -0.05) is 13.3 Å². The molecule has 1 aromatic rings. The maximum atomic E-state index is 13.6. The molecule has 18 heavy (non-hydrogen) atoms. The Morgan fingerprint density at radius 1 is 1.50 bits per heavy atom. The third kappa shape index (κ3) is 3.74. The second-order valence-corrected chi connectivity index (χ2v) is 4.74. The van der Waals surface area contributed by atoms with E-state index in [1.165, 1.54) is 6.07 Å². The molecule has 1 rings (SSSR count). The summed E-state index contributed by atoms with van der Waals surface area (Å²) in [4.78, 5) is 10.9. The standard InChI is InChI=1S/C12H14BrF2NO2/c1-2-3-10(12(17)18)16-6-7-9(14)5-4-8(13)11(7)15/h4-5,10,16H,2-3,6H2,1H3,(H,17,18). The SMILES string of the molecule is CCCC(NCc1c(F)ccc(Br)c1F)C(=O)O. The third-order valence-electron chi connectivity index (χ3n) is 2.54. The molecule has 0 aliphatic carbocycles. The molecule has 0 bridgehead atoms. The molecule has 0 saturated heterocycles. The molecule has 3 nitrogen and oxygen atoms in total. The van der Waals surface area contributed by atoms with Gasteiger partial charge in [-0.05, 0) is 34.5 Å². The smallest absolute Gasteiger partial charge is 0.320 e. The highest BCUT2D eigenvalue weighted by Crippen LogP contribution is 2.21. The predicted octanol–water partition coefficient (Wildman–Crippen LogP) is 3.07. The van der Waals surface area contributed by atoms with Crippen molar-refractivity contribution in [3.8, 4) is 0 Å². The Hall–Kier alpha value is -1.01. The van der Waals surface area contributed by atoms with Gasteiger partial charge in [0.2, 0.25) is 0 Å². The molecule has 0 aliphatic rings. The van der Waals surface area contributed by atoms with E-state index in [0.29, 0.717) is 12.8 Å². The van der Waals surface area contributed by atoms with Crippen molar-refractivity contribution in [2.45, 2.75) is 32.4 Å². The van der Waals surface area contributed by atoms with Crippen LogP contribution in [-0.2, 0) is 11.3 Å². The Morgan fingerprint density at radius 2 is 2.17 bits per heavy atom. The topological polar surface area (TPSA) is 49.3 Å². The first-order chi connectivity index (χ1) is 8.47. The molecule has 0 heterocycles. The molecule has 0 saturated carbocycles. The van der Waals surface area contributed by atoms with Crippen LogP contribution in [0.2, 0.25) is 0 Å². The number of aliphatic carboxylic acids is 1. The molecule has 0 fully saturated rings.